The van der Waals surface area contributed by atoms with E-state index in [9.17, 15) is 5.11 Å². The second-order valence-electron chi connectivity index (χ2n) is 5.37. The lowest BCUT2D eigenvalue weighted by Gasteiger charge is -2.31. The summed E-state index contributed by atoms with van der Waals surface area (Å²) >= 11 is 0. The lowest BCUT2D eigenvalue weighted by molar-refractivity contribution is -0.148. The van der Waals surface area contributed by atoms with Gasteiger partial charge < -0.3 is 14.6 Å². The van der Waals surface area contributed by atoms with E-state index in [4.69, 9.17) is 9.47 Å². The molecule has 0 atom stereocenters. The van der Waals surface area contributed by atoms with Crippen molar-refractivity contribution < 1.29 is 14.6 Å². The molecule has 1 saturated carbocycles. The van der Waals surface area contributed by atoms with Crippen molar-refractivity contribution in [3.8, 4) is 0 Å². The highest BCUT2D eigenvalue weighted by Gasteiger charge is 2.28. The van der Waals surface area contributed by atoms with Crippen LogP contribution in [0.2, 0.25) is 0 Å². The Kier molecular flexibility index (Phi) is 7.87. The normalized spacial score (nSPS) is 20.7. The van der Waals surface area contributed by atoms with Crippen LogP contribution in [0.4, 0.5) is 0 Å². The van der Waals surface area contributed by atoms with E-state index in [0.29, 0.717) is 13.2 Å². The van der Waals surface area contributed by atoms with E-state index in [0.717, 1.165) is 38.5 Å². The van der Waals surface area contributed by atoms with Gasteiger partial charge in [0.25, 0.3) is 0 Å². The third-order valence-electron chi connectivity index (χ3n) is 3.83. The van der Waals surface area contributed by atoms with Gasteiger partial charge in [-0.1, -0.05) is 32.1 Å². The maximum atomic E-state index is 10.7. The Balaban J connectivity index is 2.36. The molecule has 0 saturated heterocycles. The molecular weight excluding hydrogens is 228 g/mol. The molecule has 1 aliphatic rings. The summed E-state index contributed by atoms with van der Waals surface area (Å²) in [6.07, 6.45) is 9.53. The zero-order chi connectivity index (χ0) is 13.3. The van der Waals surface area contributed by atoms with Gasteiger partial charge in [0.1, 0.15) is 0 Å². The summed E-state index contributed by atoms with van der Waals surface area (Å²) in [6, 6.07) is 0. The van der Waals surface area contributed by atoms with Crippen molar-refractivity contribution in [2.45, 2.75) is 83.5 Å². The van der Waals surface area contributed by atoms with E-state index in [1.54, 1.807) is 0 Å². The first kappa shape index (κ1) is 15.9. The summed E-state index contributed by atoms with van der Waals surface area (Å²) in [5.74, 6) is 0. The molecule has 0 amide bonds. The Morgan fingerprint density at radius 1 is 0.944 bits per heavy atom. The van der Waals surface area contributed by atoms with Crippen LogP contribution < -0.4 is 0 Å². The van der Waals surface area contributed by atoms with Crippen molar-refractivity contribution in [2.75, 3.05) is 13.2 Å². The van der Waals surface area contributed by atoms with E-state index in [2.05, 4.69) is 0 Å². The minimum Gasteiger partial charge on any atom is -0.390 e. The zero-order valence-corrected chi connectivity index (χ0v) is 12.1. The molecule has 0 aromatic heterocycles. The molecule has 1 fully saturated rings. The summed E-state index contributed by atoms with van der Waals surface area (Å²) in [7, 11) is 0. The van der Waals surface area contributed by atoms with Gasteiger partial charge in [-0.3, -0.25) is 0 Å². The monoisotopic (exact) mass is 258 g/mol. The molecule has 0 aliphatic heterocycles. The number of ether oxygens (including phenoxy) is 2. The van der Waals surface area contributed by atoms with Crippen LogP contribution in [0.25, 0.3) is 0 Å². The molecule has 0 spiro atoms. The molecule has 0 aromatic rings. The lowest BCUT2D eigenvalue weighted by Crippen LogP contribution is -2.32. The number of hydrogen-bond acceptors (Lipinski definition) is 3. The molecule has 0 radical (unpaired) electrons. The maximum absolute atomic E-state index is 10.7. The largest absolute Gasteiger partial charge is 0.390 e. The zero-order valence-electron chi connectivity index (χ0n) is 12.1. The van der Waals surface area contributed by atoms with Crippen LogP contribution in [0.5, 0.6) is 0 Å². The van der Waals surface area contributed by atoms with Crippen LogP contribution in [0.1, 0.15) is 71.6 Å². The van der Waals surface area contributed by atoms with Gasteiger partial charge in [0.2, 0.25) is 0 Å². The highest BCUT2D eigenvalue weighted by Crippen LogP contribution is 2.30. The molecule has 1 rings (SSSR count). The lowest BCUT2D eigenvalue weighted by atomic mass is 9.83. The molecular formula is C15H30O3. The second-order valence-corrected chi connectivity index (χ2v) is 5.37. The maximum Gasteiger partial charge on any atom is 0.157 e. The summed E-state index contributed by atoms with van der Waals surface area (Å²) < 4.78 is 11.1. The first-order valence-corrected chi connectivity index (χ1v) is 7.66. The smallest absolute Gasteiger partial charge is 0.157 e. The predicted molar refractivity (Wildman–Crippen MR) is 73.5 cm³/mol. The van der Waals surface area contributed by atoms with Gasteiger partial charge in [0.15, 0.2) is 6.29 Å². The van der Waals surface area contributed by atoms with Crippen LogP contribution in [0.15, 0.2) is 0 Å². The van der Waals surface area contributed by atoms with Gasteiger partial charge in [0.05, 0.1) is 5.60 Å². The predicted octanol–water partition coefficient (Wildman–Crippen LogP) is 3.64. The van der Waals surface area contributed by atoms with Gasteiger partial charge in [0, 0.05) is 19.6 Å². The van der Waals surface area contributed by atoms with E-state index in [1.807, 2.05) is 13.8 Å². The van der Waals surface area contributed by atoms with Gasteiger partial charge in [-0.05, 0) is 33.1 Å². The van der Waals surface area contributed by atoms with Crippen molar-refractivity contribution >= 4 is 0 Å². The minimum atomic E-state index is -0.479. The van der Waals surface area contributed by atoms with Crippen molar-refractivity contribution in [1.29, 1.82) is 0 Å². The summed E-state index contributed by atoms with van der Waals surface area (Å²) in [4.78, 5) is 0. The van der Waals surface area contributed by atoms with Crippen LogP contribution in [0, 0.1) is 0 Å². The molecule has 0 bridgehead atoms. The van der Waals surface area contributed by atoms with E-state index in [1.165, 1.54) is 19.3 Å². The molecule has 3 heteroatoms. The van der Waals surface area contributed by atoms with Gasteiger partial charge in [-0.25, -0.2) is 0 Å². The fraction of sp³-hybridized carbons (Fsp3) is 1.00. The molecule has 18 heavy (non-hydrogen) atoms. The first-order chi connectivity index (χ1) is 8.70. The SMILES string of the molecule is CCOC(CCC1(O)CCCCCCC1)OCC. The fourth-order valence-electron chi connectivity index (χ4n) is 2.79. The van der Waals surface area contributed by atoms with E-state index in [-0.39, 0.29) is 6.29 Å². The van der Waals surface area contributed by atoms with Gasteiger partial charge in [-0.15, -0.1) is 0 Å². The van der Waals surface area contributed by atoms with Crippen LogP contribution in [0.3, 0.4) is 0 Å². The molecule has 0 aromatic carbocycles. The topological polar surface area (TPSA) is 38.7 Å². The molecule has 1 aliphatic carbocycles. The Hall–Kier alpha value is -0.120. The highest BCUT2D eigenvalue weighted by atomic mass is 16.7. The number of aliphatic hydroxyl groups is 1. The number of rotatable bonds is 7. The van der Waals surface area contributed by atoms with E-state index >= 15 is 0 Å². The van der Waals surface area contributed by atoms with Crippen molar-refractivity contribution in [1.82, 2.24) is 0 Å². The Morgan fingerprint density at radius 3 is 1.94 bits per heavy atom. The number of hydrogen-bond donors (Lipinski definition) is 1. The summed E-state index contributed by atoms with van der Waals surface area (Å²) in [5, 5.41) is 10.7. The highest BCUT2D eigenvalue weighted by molar-refractivity contribution is 4.80. The third-order valence-corrected chi connectivity index (χ3v) is 3.83. The van der Waals surface area contributed by atoms with Crippen molar-refractivity contribution in [3.63, 3.8) is 0 Å². The Morgan fingerprint density at radius 2 is 1.44 bits per heavy atom. The Labute approximate surface area is 112 Å². The van der Waals surface area contributed by atoms with Gasteiger partial charge >= 0.3 is 0 Å². The standard InChI is InChI=1S/C15H30O3/c1-3-17-14(18-4-2)10-13-15(16)11-8-6-5-7-9-12-15/h14,16H,3-13H2,1-2H3. The van der Waals surface area contributed by atoms with Crippen molar-refractivity contribution in [3.05, 3.63) is 0 Å². The quantitative estimate of drug-likeness (QED) is 0.709. The van der Waals surface area contributed by atoms with Crippen LogP contribution in [-0.2, 0) is 9.47 Å². The Bertz CT molecular complexity index is 192. The molecule has 3 nitrogen and oxygen atoms in total. The van der Waals surface area contributed by atoms with Gasteiger partial charge in [-0.2, -0.15) is 0 Å². The second kappa shape index (κ2) is 8.89. The molecule has 0 unspecified atom stereocenters. The van der Waals surface area contributed by atoms with Crippen LogP contribution >= 0.6 is 0 Å². The summed E-state index contributed by atoms with van der Waals surface area (Å²) in [6.45, 7) is 5.30. The van der Waals surface area contributed by atoms with Crippen molar-refractivity contribution in [2.24, 2.45) is 0 Å². The average molecular weight is 258 g/mol. The summed E-state index contributed by atoms with van der Waals surface area (Å²) in [5.41, 5.74) is -0.479. The van der Waals surface area contributed by atoms with Crippen LogP contribution in [-0.4, -0.2) is 30.2 Å². The molecule has 1 N–H and O–H groups in total. The minimum absolute atomic E-state index is 0.144. The fourth-order valence-corrected chi connectivity index (χ4v) is 2.79. The molecule has 0 heterocycles. The average Bonchev–Trinajstić information content (AvgIpc) is 2.32. The first-order valence-electron chi connectivity index (χ1n) is 7.66. The van der Waals surface area contributed by atoms with E-state index < -0.39 is 5.60 Å². The molecule has 108 valence electrons. The third kappa shape index (κ3) is 6.17.